The summed E-state index contributed by atoms with van der Waals surface area (Å²) >= 11 is 6.19. The van der Waals surface area contributed by atoms with Crippen molar-refractivity contribution in [3.63, 3.8) is 0 Å². The number of carbonyl (C=O) groups excluding carboxylic acids is 1. The minimum Gasteiger partial charge on any atom is -0.486 e. The fourth-order valence-corrected chi connectivity index (χ4v) is 2.77. The molecule has 1 amide bonds. The zero-order valence-electron chi connectivity index (χ0n) is 12.2. The second-order valence-corrected chi connectivity index (χ2v) is 5.61. The Morgan fingerprint density at radius 3 is 3.00 bits per heavy atom. The van der Waals surface area contributed by atoms with Crippen molar-refractivity contribution >= 4 is 17.5 Å². The third-order valence-electron chi connectivity index (χ3n) is 3.59. The van der Waals surface area contributed by atoms with E-state index in [-0.39, 0.29) is 5.91 Å². The molecule has 3 rings (SSSR count). The molecule has 0 saturated carbocycles. The monoisotopic (exact) mass is 326 g/mol. The lowest BCUT2D eigenvalue weighted by Gasteiger charge is -2.23. The Morgan fingerprint density at radius 1 is 1.32 bits per heavy atom. The van der Waals surface area contributed by atoms with E-state index in [0.717, 1.165) is 12.1 Å². The largest absolute Gasteiger partial charge is 0.486 e. The lowest BCUT2D eigenvalue weighted by Crippen LogP contribution is -2.48. The fourth-order valence-electron chi connectivity index (χ4n) is 2.49. The van der Waals surface area contributed by atoms with Gasteiger partial charge in [0.1, 0.15) is 19.3 Å². The van der Waals surface area contributed by atoms with Crippen LogP contribution in [0.5, 0.6) is 11.5 Å². The Labute approximate surface area is 134 Å². The summed E-state index contributed by atoms with van der Waals surface area (Å²) in [6, 6.07) is 3.76. The van der Waals surface area contributed by atoms with Crippen molar-refractivity contribution in [2.75, 3.05) is 39.5 Å². The third-order valence-corrected chi connectivity index (χ3v) is 3.87. The predicted molar refractivity (Wildman–Crippen MR) is 81.8 cm³/mol. The fraction of sp³-hybridized carbons (Fsp3) is 0.533. The lowest BCUT2D eigenvalue weighted by atomic mass is 10.1. The minimum atomic E-state index is -0.405. The van der Waals surface area contributed by atoms with Gasteiger partial charge < -0.3 is 24.8 Å². The first-order valence-corrected chi connectivity index (χ1v) is 7.80. The average Bonchev–Trinajstić information content (AvgIpc) is 2.56. The number of hydrogen-bond donors (Lipinski definition) is 2. The van der Waals surface area contributed by atoms with Crippen molar-refractivity contribution in [3.8, 4) is 11.5 Å². The van der Waals surface area contributed by atoms with Gasteiger partial charge in [0.05, 0.1) is 11.6 Å². The highest BCUT2D eigenvalue weighted by Crippen LogP contribution is 2.38. The summed E-state index contributed by atoms with van der Waals surface area (Å²) in [5.41, 5.74) is 0.997. The highest BCUT2D eigenvalue weighted by molar-refractivity contribution is 6.32. The highest BCUT2D eigenvalue weighted by atomic mass is 35.5. The number of benzene rings is 1. The molecule has 1 unspecified atom stereocenters. The molecule has 0 bridgehead atoms. The van der Waals surface area contributed by atoms with Gasteiger partial charge in [0.2, 0.25) is 5.91 Å². The van der Waals surface area contributed by atoms with Gasteiger partial charge in [-0.3, -0.25) is 4.79 Å². The van der Waals surface area contributed by atoms with Crippen LogP contribution in [-0.2, 0) is 16.0 Å². The van der Waals surface area contributed by atoms with Gasteiger partial charge in [-0.1, -0.05) is 11.6 Å². The molecule has 1 saturated heterocycles. The molecule has 1 atom stereocenters. The predicted octanol–water partition coefficient (Wildman–Crippen LogP) is 0.758. The summed E-state index contributed by atoms with van der Waals surface area (Å²) in [6.45, 7) is 3.47. The number of nitrogens with one attached hydrogen (secondary N) is 2. The number of carbonyl (C=O) groups is 1. The topological polar surface area (TPSA) is 68.8 Å². The van der Waals surface area contributed by atoms with Gasteiger partial charge in [-0.2, -0.15) is 0 Å². The summed E-state index contributed by atoms with van der Waals surface area (Å²) in [7, 11) is 0. The van der Waals surface area contributed by atoms with E-state index in [1.54, 1.807) is 0 Å². The number of rotatable bonds is 4. The Balaban J connectivity index is 1.53. The molecule has 6 nitrogen and oxygen atoms in total. The second-order valence-electron chi connectivity index (χ2n) is 5.21. The number of morpholine rings is 1. The van der Waals surface area contributed by atoms with Gasteiger partial charge in [-0.05, 0) is 24.1 Å². The van der Waals surface area contributed by atoms with E-state index < -0.39 is 6.10 Å². The zero-order chi connectivity index (χ0) is 15.4. The van der Waals surface area contributed by atoms with Crippen LogP contribution < -0.4 is 20.1 Å². The first-order valence-electron chi connectivity index (χ1n) is 7.42. The third kappa shape index (κ3) is 3.63. The molecule has 2 aliphatic rings. The van der Waals surface area contributed by atoms with Gasteiger partial charge in [0.15, 0.2) is 11.5 Å². The van der Waals surface area contributed by atoms with E-state index in [4.69, 9.17) is 25.8 Å². The van der Waals surface area contributed by atoms with Crippen molar-refractivity contribution in [1.29, 1.82) is 0 Å². The van der Waals surface area contributed by atoms with Crippen LogP contribution >= 0.6 is 11.6 Å². The Morgan fingerprint density at radius 2 is 2.18 bits per heavy atom. The normalized spacial score (nSPS) is 20.5. The molecule has 7 heteroatoms. The maximum Gasteiger partial charge on any atom is 0.250 e. The van der Waals surface area contributed by atoms with Crippen LogP contribution in [0.3, 0.4) is 0 Å². The zero-order valence-corrected chi connectivity index (χ0v) is 12.9. The van der Waals surface area contributed by atoms with Crippen LogP contribution in [0, 0.1) is 0 Å². The van der Waals surface area contributed by atoms with Crippen molar-refractivity contribution in [1.82, 2.24) is 10.6 Å². The summed E-state index contributed by atoms with van der Waals surface area (Å²) in [6.07, 6.45) is 0.264. The first kappa shape index (κ1) is 15.4. The quantitative estimate of drug-likeness (QED) is 0.855. The van der Waals surface area contributed by atoms with Crippen LogP contribution in [-0.4, -0.2) is 51.5 Å². The van der Waals surface area contributed by atoms with Crippen LogP contribution in [0.4, 0.5) is 0 Å². The number of ether oxygens (including phenoxy) is 3. The molecular weight excluding hydrogens is 308 g/mol. The van der Waals surface area contributed by atoms with E-state index in [9.17, 15) is 4.79 Å². The molecule has 0 aliphatic carbocycles. The van der Waals surface area contributed by atoms with E-state index in [1.807, 2.05) is 12.1 Å². The Bertz CT molecular complexity index is 547. The lowest BCUT2D eigenvalue weighted by molar-refractivity contribution is -0.134. The molecule has 1 aromatic carbocycles. The van der Waals surface area contributed by atoms with Crippen molar-refractivity contribution in [3.05, 3.63) is 22.7 Å². The van der Waals surface area contributed by atoms with Gasteiger partial charge >= 0.3 is 0 Å². The van der Waals surface area contributed by atoms with E-state index >= 15 is 0 Å². The molecule has 1 aromatic rings. The van der Waals surface area contributed by atoms with Crippen LogP contribution in [0.2, 0.25) is 5.02 Å². The summed E-state index contributed by atoms with van der Waals surface area (Å²) in [5, 5.41) is 6.55. The maximum atomic E-state index is 11.9. The summed E-state index contributed by atoms with van der Waals surface area (Å²) in [5.74, 6) is 1.18. The highest BCUT2D eigenvalue weighted by Gasteiger charge is 2.21. The van der Waals surface area contributed by atoms with E-state index in [1.165, 1.54) is 0 Å². The molecule has 1 fully saturated rings. The van der Waals surface area contributed by atoms with E-state index in [2.05, 4.69) is 10.6 Å². The molecular formula is C15H19ClN2O4. The van der Waals surface area contributed by atoms with Gasteiger partial charge in [-0.15, -0.1) is 0 Å². The SMILES string of the molecule is O=C(NCCc1cc(Cl)c2c(c1)OCCO2)C1CNCCO1. The molecule has 120 valence electrons. The van der Waals surface area contributed by atoms with Crippen LogP contribution in [0.15, 0.2) is 12.1 Å². The molecule has 0 aromatic heterocycles. The summed E-state index contributed by atoms with van der Waals surface area (Å²) in [4.78, 5) is 11.9. The average molecular weight is 327 g/mol. The molecule has 2 aliphatic heterocycles. The van der Waals surface area contributed by atoms with Gasteiger partial charge in [-0.25, -0.2) is 0 Å². The van der Waals surface area contributed by atoms with Gasteiger partial charge in [0, 0.05) is 19.6 Å². The number of fused-ring (bicyclic) bond motifs is 1. The number of hydrogen-bond acceptors (Lipinski definition) is 5. The minimum absolute atomic E-state index is 0.0872. The van der Waals surface area contributed by atoms with Crippen molar-refractivity contribution in [2.24, 2.45) is 0 Å². The van der Waals surface area contributed by atoms with Crippen molar-refractivity contribution < 1.29 is 19.0 Å². The number of amides is 1. The van der Waals surface area contributed by atoms with Crippen molar-refractivity contribution in [2.45, 2.75) is 12.5 Å². The standard InChI is InChI=1S/C15H19ClN2O4/c16-11-7-10(8-12-14(11)22-6-5-21-12)1-2-18-15(19)13-9-17-3-4-20-13/h7-8,13,17H,1-6,9H2,(H,18,19). The Hall–Kier alpha value is -1.50. The summed E-state index contributed by atoms with van der Waals surface area (Å²) < 4.78 is 16.4. The van der Waals surface area contributed by atoms with Crippen LogP contribution in [0.1, 0.15) is 5.56 Å². The molecule has 2 N–H and O–H groups in total. The first-order chi connectivity index (χ1) is 10.7. The molecule has 0 spiro atoms. The molecule has 0 radical (unpaired) electrons. The number of halogens is 1. The smallest absolute Gasteiger partial charge is 0.250 e. The van der Waals surface area contributed by atoms with E-state index in [0.29, 0.717) is 55.9 Å². The second kappa shape index (κ2) is 7.17. The van der Waals surface area contributed by atoms with Gasteiger partial charge in [0.25, 0.3) is 0 Å². The Kier molecular flexibility index (Phi) is 5.02. The molecule has 22 heavy (non-hydrogen) atoms. The molecule has 2 heterocycles. The maximum absolute atomic E-state index is 11.9. The van der Waals surface area contributed by atoms with Crippen LogP contribution in [0.25, 0.3) is 0 Å².